The number of carbonyl (C=O) groups excluding carboxylic acids is 1. The molecule has 0 radical (unpaired) electrons. The van der Waals surface area contributed by atoms with Gasteiger partial charge in [-0.05, 0) is 50.2 Å². The number of carbonyl (C=O) groups is 1. The van der Waals surface area contributed by atoms with Crippen molar-refractivity contribution in [3.8, 4) is 10.6 Å². The van der Waals surface area contributed by atoms with E-state index < -0.39 is 0 Å². The molecule has 4 heterocycles. The van der Waals surface area contributed by atoms with Crippen molar-refractivity contribution in [3.05, 3.63) is 34.9 Å². The summed E-state index contributed by atoms with van der Waals surface area (Å²) >= 11 is 1.31. The lowest BCUT2D eigenvalue weighted by Gasteiger charge is -2.31. The van der Waals surface area contributed by atoms with E-state index in [1.165, 1.54) is 24.4 Å². The summed E-state index contributed by atoms with van der Waals surface area (Å²) in [6, 6.07) is 3.81. The van der Waals surface area contributed by atoms with E-state index >= 15 is 0 Å². The van der Waals surface area contributed by atoms with Crippen LogP contribution in [0.5, 0.6) is 0 Å². The second-order valence-corrected chi connectivity index (χ2v) is 8.15. The number of H-pyrrole nitrogens is 1. The molecule has 1 aliphatic heterocycles. The smallest absolute Gasteiger partial charge is 0.274 e. The highest BCUT2D eigenvalue weighted by atomic mass is 32.1. The molecule has 1 saturated carbocycles. The Hall–Kier alpha value is -2.55. The standard InChI is InChI=1S/C18H20N6O2S/c1-10-7-15(26-22-10)17-16(21-23-27-17)12-3-2-6-24(9-12)18(25)14-8-13(19-20-14)11-4-5-11/h7-8,11-12H,2-6,9H2,1H3,(H,19,20)/t12-/m0/s1. The molecule has 0 unspecified atom stereocenters. The zero-order valence-corrected chi connectivity index (χ0v) is 15.8. The van der Waals surface area contributed by atoms with Gasteiger partial charge in [-0.15, -0.1) is 5.10 Å². The van der Waals surface area contributed by atoms with Crippen molar-refractivity contribution >= 4 is 17.4 Å². The highest BCUT2D eigenvalue weighted by Crippen LogP contribution is 2.39. The summed E-state index contributed by atoms with van der Waals surface area (Å²) in [5.74, 6) is 1.39. The van der Waals surface area contributed by atoms with Crippen molar-refractivity contribution in [2.75, 3.05) is 13.1 Å². The number of likely N-dealkylation sites (tertiary alicyclic amines) is 1. The van der Waals surface area contributed by atoms with Gasteiger partial charge >= 0.3 is 0 Å². The Morgan fingerprint density at radius 1 is 1.30 bits per heavy atom. The molecule has 2 aliphatic rings. The first-order chi connectivity index (χ1) is 13.2. The molecule has 27 heavy (non-hydrogen) atoms. The van der Waals surface area contributed by atoms with E-state index in [0.29, 0.717) is 23.9 Å². The van der Waals surface area contributed by atoms with Crippen LogP contribution < -0.4 is 0 Å². The molecule has 0 spiro atoms. The molecular formula is C18H20N6O2S. The van der Waals surface area contributed by atoms with Crippen LogP contribution in [0.1, 0.15) is 65.1 Å². The van der Waals surface area contributed by atoms with Crippen molar-refractivity contribution in [2.45, 2.75) is 44.4 Å². The number of nitrogens with zero attached hydrogens (tertiary/aromatic N) is 5. The number of hydrogen-bond acceptors (Lipinski definition) is 7. The van der Waals surface area contributed by atoms with Gasteiger partial charge in [-0.25, -0.2) is 0 Å². The first-order valence-corrected chi connectivity index (χ1v) is 10.1. The highest BCUT2D eigenvalue weighted by Gasteiger charge is 2.32. The van der Waals surface area contributed by atoms with Crippen molar-refractivity contribution in [1.82, 2.24) is 29.8 Å². The van der Waals surface area contributed by atoms with E-state index in [9.17, 15) is 4.79 Å². The normalized spacial score (nSPS) is 20.2. The third kappa shape index (κ3) is 3.16. The summed E-state index contributed by atoms with van der Waals surface area (Å²) in [6.07, 6.45) is 4.27. The van der Waals surface area contributed by atoms with Gasteiger partial charge in [0.2, 0.25) is 0 Å². The van der Waals surface area contributed by atoms with Gasteiger partial charge in [0, 0.05) is 36.7 Å². The predicted molar refractivity (Wildman–Crippen MR) is 98.6 cm³/mol. The molecule has 3 aromatic rings. The molecule has 1 N–H and O–H groups in total. The van der Waals surface area contributed by atoms with Crippen LogP contribution in [0.2, 0.25) is 0 Å². The molecule has 2 fully saturated rings. The van der Waals surface area contributed by atoms with Gasteiger partial charge in [0.05, 0.1) is 11.4 Å². The first-order valence-electron chi connectivity index (χ1n) is 9.29. The van der Waals surface area contributed by atoms with E-state index in [2.05, 4.69) is 24.9 Å². The second-order valence-electron chi connectivity index (χ2n) is 7.39. The Morgan fingerprint density at radius 2 is 2.19 bits per heavy atom. The van der Waals surface area contributed by atoms with Crippen molar-refractivity contribution in [1.29, 1.82) is 0 Å². The predicted octanol–water partition coefficient (Wildman–Crippen LogP) is 3.12. The molecule has 0 bridgehead atoms. The number of rotatable bonds is 4. The number of hydrogen-bond donors (Lipinski definition) is 1. The van der Waals surface area contributed by atoms with Crippen molar-refractivity contribution in [3.63, 3.8) is 0 Å². The first kappa shape index (κ1) is 16.6. The fourth-order valence-electron chi connectivity index (χ4n) is 3.70. The molecule has 3 aromatic heterocycles. The van der Waals surface area contributed by atoms with Gasteiger partial charge in [-0.2, -0.15) is 5.10 Å². The maximum absolute atomic E-state index is 12.9. The van der Waals surface area contributed by atoms with E-state index in [-0.39, 0.29) is 11.8 Å². The quantitative estimate of drug-likeness (QED) is 0.742. The van der Waals surface area contributed by atoms with Crippen LogP contribution in [-0.4, -0.2) is 48.8 Å². The molecule has 1 atom stereocenters. The van der Waals surface area contributed by atoms with Crippen molar-refractivity contribution < 1.29 is 9.32 Å². The van der Waals surface area contributed by atoms with Gasteiger partial charge < -0.3 is 9.42 Å². The number of piperidine rings is 1. The molecule has 140 valence electrons. The third-order valence-corrected chi connectivity index (χ3v) is 6.05. The Kier molecular flexibility index (Phi) is 4.04. The third-order valence-electron chi connectivity index (χ3n) is 5.29. The van der Waals surface area contributed by atoms with E-state index in [0.717, 1.165) is 41.3 Å². The largest absolute Gasteiger partial charge is 0.355 e. The maximum Gasteiger partial charge on any atom is 0.274 e. The number of aromatic nitrogens is 5. The monoisotopic (exact) mass is 384 g/mol. The minimum absolute atomic E-state index is 0.0110. The summed E-state index contributed by atoms with van der Waals surface area (Å²) in [7, 11) is 0. The van der Waals surface area contributed by atoms with Gasteiger partial charge in [0.15, 0.2) is 5.76 Å². The minimum atomic E-state index is -0.0110. The summed E-state index contributed by atoms with van der Waals surface area (Å²) in [6.45, 7) is 3.26. The maximum atomic E-state index is 12.9. The zero-order chi connectivity index (χ0) is 18.4. The lowest BCUT2D eigenvalue weighted by atomic mass is 9.93. The zero-order valence-electron chi connectivity index (χ0n) is 15.0. The van der Waals surface area contributed by atoms with E-state index in [1.54, 1.807) is 0 Å². The average molecular weight is 384 g/mol. The van der Waals surface area contributed by atoms with E-state index in [1.807, 2.05) is 24.0 Å². The molecule has 1 saturated heterocycles. The van der Waals surface area contributed by atoms with Crippen LogP contribution in [-0.2, 0) is 0 Å². The van der Waals surface area contributed by atoms with Crippen LogP contribution >= 0.6 is 11.5 Å². The van der Waals surface area contributed by atoms with Gasteiger partial charge in [0.25, 0.3) is 5.91 Å². The number of nitrogens with one attached hydrogen (secondary N) is 1. The van der Waals surface area contributed by atoms with E-state index in [4.69, 9.17) is 4.52 Å². The summed E-state index contributed by atoms with van der Waals surface area (Å²) in [4.78, 5) is 15.7. The average Bonchev–Trinajstić information content (AvgIpc) is 3.10. The summed E-state index contributed by atoms with van der Waals surface area (Å²) in [5, 5.41) is 15.6. The second kappa shape index (κ2) is 6.56. The minimum Gasteiger partial charge on any atom is -0.355 e. The molecule has 5 rings (SSSR count). The molecule has 8 nitrogen and oxygen atoms in total. The van der Waals surface area contributed by atoms with Crippen LogP contribution in [0, 0.1) is 6.92 Å². The molecular weight excluding hydrogens is 364 g/mol. The molecule has 9 heteroatoms. The Bertz CT molecular complexity index is 972. The van der Waals surface area contributed by atoms with Gasteiger partial charge in [-0.1, -0.05) is 9.64 Å². The summed E-state index contributed by atoms with van der Waals surface area (Å²) in [5.41, 5.74) is 3.32. The fraction of sp³-hybridized carbons (Fsp3) is 0.500. The van der Waals surface area contributed by atoms with Crippen molar-refractivity contribution in [2.24, 2.45) is 0 Å². The molecule has 0 aromatic carbocycles. The number of amides is 1. The summed E-state index contributed by atoms with van der Waals surface area (Å²) < 4.78 is 9.52. The molecule has 1 aliphatic carbocycles. The topological polar surface area (TPSA) is 101 Å². The fourth-order valence-corrected chi connectivity index (χ4v) is 4.40. The number of aryl methyl sites for hydroxylation is 1. The van der Waals surface area contributed by atoms with Gasteiger partial charge in [0.1, 0.15) is 10.6 Å². The Labute approximate surface area is 160 Å². The van der Waals surface area contributed by atoms with Crippen LogP contribution in [0.3, 0.4) is 0 Å². The Balaban J connectivity index is 1.35. The van der Waals surface area contributed by atoms with Crippen LogP contribution in [0.4, 0.5) is 0 Å². The SMILES string of the molecule is Cc1cc(-c2snnc2[C@H]2CCCN(C(=O)c3cc(C4CC4)[nH]n3)C2)on1. The number of aromatic amines is 1. The highest BCUT2D eigenvalue weighted by molar-refractivity contribution is 7.09. The lowest BCUT2D eigenvalue weighted by Crippen LogP contribution is -2.39. The Morgan fingerprint density at radius 3 is 2.96 bits per heavy atom. The molecule has 1 amide bonds. The van der Waals surface area contributed by atoms with Crippen LogP contribution in [0.15, 0.2) is 16.7 Å². The van der Waals surface area contributed by atoms with Gasteiger partial charge in [-0.3, -0.25) is 9.89 Å². The van der Waals surface area contributed by atoms with Crippen LogP contribution in [0.25, 0.3) is 10.6 Å². The lowest BCUT2D eigenvalue weighted by molar-refractivity contribution is 0.0700.